The smallest absolute Gasteiger partial charge is 0.249 e. The first-order valence-corrected chi connectivity index (χ1v) is 9.80. The van der Waals surface area contributed by atoms with E-state index in [-0.39, 0.29) is 12.6 Å². The molecule has 0 radical (unpaired) electrons. The minimum absolute atomic E-state index is 0.159. The third-order valence-electron chi connectivity index (χ3n) is 4.57. The maximum absolute atomic E-state index is 12.6. The maximum Gasteiger partial charge on any atom is 0.249 e. The number of carbonyl (C=O) groups is 1. The molecule has 1 aromatic carbocycles. The number of amides is 1. The zero-order valence-electron chi connectivity index (χ0n) is 16.7. The Bertz CT molecular complexity index is 1010. The molecule has 3 rings (SSSR count). The van der Waals surface area contributed by atoms with Crippen LogP contribution in [0.2, 0.25) is 0 Å². The van der Waals surface area contributed by atoms with Crippen LogP contribution < -0.4 is 10.1 Å². The Balaban J connectivity index is 1.62. The van der Waals surface area contributed by atoms with Crippen molar-refractivity contribution in [2.45, 2.75) is 47.4 Å². The molecule has 0 aliphatic carbocycles. The van der Waals surface area contributed by atoms with Gasteiger partial charge in [-0.2, -0.15) is 10.2 Å². The van der Waals surface area contributed by atoms with Crippen LogP contribution in [-0.2, 0) is 11.5 Å². The molecule has 0 aliphatic heterocycles. The summed E-state index contributed by atoms with van der Waals surface area (Å²) in [6, 6.07) is 5.59. The van der Waals surface area contributed by atoms with E-state index in [0.29, 0.717) is 5.69 Å². The molecule has 0 saturated carbocycles. The van der Waals surface area contributed by atoms with Gasteiger partial charge in [-0.3, -0.25) is 9.48 Å². The van der Waals surface area contributed by atoms with Crippen LogP contribution in [0.4, 0.5) is 5.69 Å². The molecule has 0 spiro atoms. The van der Waals surface area contributed by atoms with Crippen molar-refractivity contribution in [3.8, 4) is 5.75 Å². The van der Waals surface area contributed by atoms with Crippen LogP contribution in [0.5, 0.6) is 5.75 Å². The van der Waals surface area contributed by atoms with Gasteiger partial charge in [0.05, 0.1) is 33.9 Å². The Hall–Kier alpha value is -2.61. The Morgan fingerprint density at radius 3 is 2.68 bits per heavy atom. The van der Waals surface area contributed by atoms with E-state index in [9.17, 15) is 4.79 Å². The van der Waals surface area contributed by atoms with Crippen molar-refractivity contribution in [3.05, 3.63) is 57.6 Å². The van der Waals surface area contributed by atoms with Crippen molar-refractivity contribution >= 4 is 27.5 Å². The number of aromatic nitrogens is 4. The molecule has 2 aromatic heterocycles. The van der Waals surface area contributed by atoms with Crippen molar-refractivity contribution in [3.63, 3.8) is 0 Å². The number of nitrogens with zero attached hydrogens (tertiary/aromatic N) is 4. The molecule has 7 nitrogen and oxygen atoms in total. The van der Waals surface area contributed by atoms with Gasteiger partial charge in [0.15, 0.2) is 6.73 Å². The molecule has 1 amide bonds. The lowest BCUT2D eigenvalue weighted by Gasteiger charge is -2.13. The average molecular weight is 446 g/mol. The lowest BCUT2D eigenvalue weighted by atomic mass is 10.1. The van der Waals surface area contributed by atoms with Crippen LogP contribution >= 0.6 is 15.9 Å². The van der Waals surface area contributed by atoms with Crippen molar-refractivity contribution in [1.29, 1.82) is 0 Å². The van der Waals surface area contributed by atoms with E-state index in [1.54, 1.807) is 21.8 Å². The van der Waals surface area contributed by atoms with Crippen molar-refractivity contribution < 1.29 is 9.53 Å². The first-order valence-electron chi connectivity index (χ1n) is 9.01. The van der Waals surface area contributed by atoms with Gasteiger partial charge in [0, 0.05) is 0 Å². The molecule has 28 heavy (non-hydrogen) atoms. The molecule has 2 heterocycles. The summed E-state index contributed by atoms with van der Waals surface area (Å²) in [7, 11) is 0. The van der Waals surface area contributed by atoms with Crippen LogP contribution in [-0.4, -0.2) is 25.5 Å². The van der Waals surface area contributed by atoms with E-state index in [0.717, 1.165) is 27.2 Å². The standard InChI is InChI=1S/C20H24BrN5O2/c1-12-6-7-18(13(2)8-12)28-11-25-10-17(9-22-25)23-20(27)16(5)26-15(4)19(21)14(3)24-26/h6-10,16H,11H2,1-5H3,(H,23,27). The fourth-order valence-corrected chi connectivity index (χ4v) is 3.23. The van der Waals surface area contributed by atoms with Crippen LogP contribution in [0, 0.1) is 27.7 Å². The number of halogens is 1. The lowest BCUT2D eigenvalue weighted by molar-refractivity contribution is -0.119. The van der Waals surface area contributed by atoms with E-state index < -0.39 is 6.04 Å². The van der Waals surface area contributed by atoms with Gasteiger partial charge >= 0.3 is 0 Å². The number of aryl methyl sites for hydroxylation is 3. The number of rotatable bonds is 6. The second-order valence-electron chi connectivity index (χ2n) is 6.91. The lowest BCUT2D eigenvalue weighted by Crippen LogP contribution is -2.25. The number of benzene rings is 1. The number of hydrogen-bond donors (Lipinski definition) is 1. The van der Waals surface area contributed by atoms with Gasteiger partial charge in [0.1, 0.15) is 11.8 Å². The van der Waals surface area contributed by atoms with E-state index in [4.69, 9.17) is 4.74 Å². The van der Waals surface area contributed by atoms with Gasteiger partial charge in [-0.1, -0.05) is 17.7 Å². The highest BCUT2D eigenvalue weighted by Crippen LogP contribution is 2.23. The first-order chi connectivity index (χ1) is 13.3. The summed E-state index contributed by atoms with van der Waals surface area (Å²) in [5.74, 6) is 0.656. The quantitative estimate of drug-likeness (QED) is 0.613. The molecular formula is C20H24BrN5O2. The average Bonchev–Trinajstić information content (AvgIpc) is 3.20. The fraction of sp³-hybridized carbons (Fsp3) is 0.350. The van der Waals surface area contributed by atoms with Gasteiger partial charge < -0.3 is 10.1 Å². The highest BCUT2D eigenvalue weighted by Gasteiger charge is 2.20. The van der Waals surface area contributed by atoms with Gasteiger partial charge in [-0.05, 0) is 62.2 Å². The predicted octanol–water partition coefficient (Wildman–Crippen LogP) is 4.31. The largest absolute Gasteiger partial charge is 0.471 e. The van der Waals surface area contributed by atoms with Crippen LogP contribution in [0.3, 0.4) is 0 Å². The zero-order valence-corrected chi connectivity index (χ0v) is 18.2. The molecule has 1 unspecified atom stereocenters. The number of ether oxygens (including phenoxy) is 1. The van der Waals surface area contributed by atoms with Gasteiger partial charge in [-0.15, -0.1) is 0 Å². The van der Waals surface area contributed by atoms with E-state index in [1.807, 2.05) is 46.8 Å². The molecule has 8 heteroatoms. The van der Waals surface area contributed by atoms with Gasteiger partial charge in [-0.25, -0.2) is 4.68 Å². The molecule has 1 atom stereocenters. The Morgan fingerprint density at radius 1 is 1.29 bits per heavy atom. The van der Waals surface area contributed by atoms with Gasteiger partial charge in [0.2, 0.25) is 5.91 Å². The summed E-state index contributed by atoms with van der Waals surface area (Å²) < 4.78 is 10.1. The van der Waals surface area contributed by atoms with E-state index >= 15 is 0 Å². The third kappa shape index (κ3) is 4.27. The highest BCUT2D eigenvalue weighted by molar-refractivity contribution is 9.10. The van der Waals surface area contributed by atoms with Gasteiger partial charge in [0.25, 0.3) is 0 Å². The molecule has 0 aliphatic rings. The van der Waals surface area contributed by atoms with Crippen LogP contribution in [0.25, 0.3) is 0 Å². The fourth-order valence-electron chi connectivity index (χ4n) is 2.97. The summed E-state index contributed by atoms with van der Waals surface area (Å²) in [6.45, 7) is 9.96. The van der Waals surface area contributed by atoms with Crippen molar-refractivity contribution in [2.75, 3.05) is 5.32 Å². The third-order valence-corrected chi connectivity index (χ3v) is 5.71. The molecular weight excluding hydrogens is 422 g/mol. The summed E-state index contributed by atoms with van der Waals surface area (Å²) in [4.78, 5) is 12.6. The SMILES string of the molecule is Cc1ccc(OCn2cc(NC(=O)C(C)n3nc(C)c(Br)c3C)cn2)c(C)c1. The molecule has 1 N–H and O–H groups in total. The Morgan fingerprint density at radius 2 is 2.04 bits per heavy atom. The van der Waals surface area contributed by atoms with E-state index in [2.05, 4.69) is 37.5 Å². The maximum atomic E-state index is 12.6. The normalized spacial score (nSPS) is 12.1. The molecule has 3 aromatic rings. The number of hydrogen-bond acceptors (Lipinski definition) is 4. The second kappa shape index (κ2) is 8.18. The molecule has 0 saturated heterocycles. The number of nitrogens with one attached hydrogen (secondary N) is 1. The van der Waals surface area contributed by atoms with Crippen molar-refractivity contribution in [1.82, 2.24) is 19.6 Å². The molecule has 0 fully saturated rings. The molecule has 0 bridgehead atoms. The highest BCUT2D eigenvalue weighted by atomic mass is 79.9. The predicted molar refractivity (Wildman–Crippen MR) is 112 cm³/mol. The Kier molecular flexibility index (Phi) is 5.88. The molecule has 148 valence electrons. The second-order valence-corrected chi connectivity index (χ2v) is 7.70. The summed E-state index contributed by atoms with van der Waals surface area (Å²) in [5.41, 5.74) is 4.65. The Labute approximate surface area is 172 Å². The number of carbonyl (C=O) groups excluding carboxylic acids is 1. The van der Waals surface area contributed by atoms with Crippen LogP contribution in [0.15, 0.2) is 35.1 Å². The monoisotopic (exact) mass is 445 g/mol. The van der Waals surface area contributed by atoms with Crippen LogP contribution in [0.1, 0.15) is 35.5 Å². The summed E-state index contributed by atoms with van der Waals surface area (Å²) in [5, 5.41) is 11.5. The van der Waals surface area contributed by atoms with E-state index in [1.165, 1.54) is 5.56 Å². The number of anilines is 1. The van der Waals surface area contributed by atoms with Crippen molar-refractivity contribution in [2.24, 2.45) is 0 Å². The minimum atomic E-state index is -0.445. The minimum Gasteiger partial charge on any atom is -0.471 e. The summed E-state index contributed by atoms with van der Waals surface area (Å²) >= 11 is 3.49. The summed E-state index contributed by atoms with van der Waals surface area (Å²) in [6.07, 6.45) is 3.35. The zero-order chi connectivity index (χ0) is 20.4. The topological polar surface area (TPSA) is 74.0 Å². The first kappa shape index (κ1) is 20.1.